The monoisotopic (exact) mass is 330 g/mol. The minimum absolute atomic E-state index is 0. The number of halogens is 3. The van der Waals surface area contributed by atoms with Crippen molar-refractivity contribution in [1.29, 1.82) is 0 Å². The Morgan fingerprint density at radius 1 is 1.18 bits per heavy atom. The third-order valence-electron chi connectivity index (χ3n) is 4.92. The summed E-state index contributed by atoms with van der Waals surface area (Å²) >= 11 is 0. The largest absolute Gasteiger partial charge is 0.339 e. The van der Waals surface area contributed by atoms with Crippen LogP contribution in [0.3, 0.4) is 0 Å². The zero-order chi connectivity index (χ0) is 15.0. The van der Waals surface area contributed by atoms with Gasteiger partial charge >= 0.3 is 0 Å². The van der Waals surface area contributed by atoms with Crippen molar-refractivity contribution in [1.82, 2.24) is 10.2 Å². The minimum atomic E-state index is -0.772. The van der Waals surface area contributed by atoms with E-state index in [1.165, 1.54) is 6.07 Å². The van der Waals surface area contributed by atoms with E-state index in [0.717, 1.165) is 38.4 Å². The van der Waals surface area contributed by atoms with Crippen LogP contribution in [0.1, 0.15) is 35.2 Å². The Morgan fingerprint density at radius 3 is 2.45 bits per heavy atom. The molecular formula is C16H21ClF2N2O. The minimum Gasteiger partial charge on any atom is -0.339 e. The van der Waals surface area contributed by atoms with Crippen molar-refractivity contribution in [2.75, 3.05) is 26.2 Å². The zero-order valence-corrected chi connectivity index (χ0v) is 13.4. The van der Waals surface area contributed by atoms with Gasteiger partial charge in [-0.3, -0.25) is 4.79 Å². The maximum absolute atomic E-state index is 13.8. The fraction of sp³-hybridized carbons (Fsp3) is 0.562. The summed E-state index contributed by atoms with van der Waals surface area (Å²) in [6, 6.07) is 2.11. The molecule has 2 heterocycles. The number of nitrogens with zero attached hydrogens (tertiary/aromatic N) is 1. The van der Waals surface area contributed by atoms with Gasteiger partial charge in [-0.05, 0) is 49.8 Å². The lowest BCUT2D eigenvalue weighted by atomic mass is 9.78. The second kappa shape index (κ2) is 6.50. The highest BCUT2D eigenvalue weighted by Gasteiger charge is 2.38. The number of piperidine rings is 1. The molecule has 0 saturated carbocycles. The summed E-state index contributed by atoms with van der Waals surface area (Å²) in [5.41, 5.74) is 0.594. The van der Waals surface area contributed by atoms with Crippen LogP contribution in [0.15, 0.2) is 12.1 Å². The molecule has 0 bridgehead atoms. The van der Waals surface area contributed by atoms with E-state index in [9.17, 15) is 13.6 Å². The van der Waals surface area contributed by atoms with Gasteiger partial charge in [-0.15, -0.1) is 12.4 Å². The fourth-order valence-corrected chi connectivity index (χ4v) is 3.40. The highest BCUT2D eigenvalue weighted by atomic mass is 35.5. The number of hydrogen-bond acceptors (Lipinski definition) is 2. The Labute approximate surface area is 135 Å². The Hall–Kier alpha value is -1.20. The van der Waals surface area contributed by atoms with Crippen LogP contribution in [0, 0.1) is 24.0 Å². The maximum Gasteiger partial charge on any atom is 0.256 e. The summed E-state index contributed by atoms with van der Waals surface area (Å²) < 4.78 is 27.1. The first-order chi connectivity index (χ1) is 10.0. The predicted octanol–water partition coefficient (Wildman–Crippen LogP) is 2.91. The summed E-state index contributed by atoms with van der Waals surface area (Å²) in [4.78, 5) is 14.1. The van der Waals surface area contributed by atoms with Crippen LogP contribution in [0.2, 0.25) is 0 Å². The Balaban J connectivity index is 0.00000176. The molecule has 2 aliphatic rings. The molecule has 1 N–H and O–H groups in total. The maximum atomic E-state index is 13.8. The molecule has 2 fully saturated rings. The topological polar surface area (TPSA) is 32.3 Å². The van der Waals surface area contributed by atoms with Crippen molar-refractivity contribution in [2.45, 2.75) is 26.2 Å². The van der Waals surface area contributed by atoms with Crippen LogP contribution in [0.25, 0.3) is 0 Å². The molecule has 1 spiro atoms. The highest BCUT2D eigenvalue weighted by molar-refractivity contribution is 5.94. The SMILES string of the molecule is Cc1cc(C(=O)N2CCC3(CCNC3)CC2)c(F)cc1F.Cl. The normalized spacial score (nSPS) is 20.0. The van der Waals surface area contributed by atoms with Crippen molar-refractivity contribution < 1.29 is 13.6 Å². The number of carbonyl (C=O) groups excluding carboxylic acids is 1. The van der Waals surface area contributed by atoms with Crippen LogP contribution in [-0.4, -0.2) is 37.0 Å². The highest BCUT2D eigenvalue weighted by Crippen LogP contribution is 2.37. The third-order valence-corrected chi connectivity index (χ3v) is 4.92. The number of likely N-dealkylation sites (tertiary alicyclic amines) is 1. The smallest absolute Gasteiger partial charge is 0.256 e. The van der Waals surface area contributed by atoms with Gasteiger partial charge in [0.1, 0.15) is 11.6 Å². The average Bonchev–Trinajstić information content (AvgIpc) is 2.91. The lowest BCUT2D eigenvalue weighted by molar-refractivity contribution is 0.0603. The molecule has 0 atom stereocenters. The predicted molar refractivity (Wildman–Crippen MR) is 83.4 cm³/mol. The van der Waals surface area contributed by atoms with E-state index in [0.29, 0.717) is 24.1 Å². The molecule has 22 heavy (non-hydrogen) atoms. The fourth-order valence-electron chi connectivity index (χ4n) is 3.40. The Kier molecular flexibility index (Phi) is 5.07. The lowest BCUT2D eigenvalue weighted by Crippen LogP contribution is -2.44. The molecule has 2 aliphatic heterocycles. The van der Waals surface area contributed by atoms with Gasteiger partial charge in [0.15, 0.2) is 0 Å². The van der Waals surface area contributed by atoms with Crippen molar-refractivity contribution in [3.8, 4) is 0 Å². The first-order valence-corrected chi connectivity index (χ1v) is 7.46. The van der Waals surface area contributed by atoms with Gasteiger partial charge in [-0.1, -0.05) is 0 Å². The standard InChI is InChI=1S/C16H20F2N2O.ClH/c1-11-8-12(14(18)9-13(11)17)15(21)20-6-3-16(4-7-20)2-5-19-10-16;/h8-9,19H,2-7,10H2,1H3;1H. The molecule has 3 nitrogen and oxygen atoms in total. The number of benzene rings is 1. The molecule has 0 radical (unpaired) electrons. The first kappa shape index (κ1) is 17.2. The van der Waals surface area contributed by atoms with Gasteiger partial charge < -0.3 is 10.2 Å². The number of hydrogen-bond donors (Lipinski definition) is 1. The van der Waals surface area contributed by atoms with E-state index in [2.05, 4.69) is 5.32 Å². The Morgan fingerprint density at radius 2 is 1.86 bits per heavy atom. The summed E-state index contributed by atoms with van der Waals surface area (Å²) in [6.07, 6.45) is 3.06. The number of rotatable bonds is 1. The third kappa shape index (κ3) is 3.10. The van der Waals surface area contributed by atoms with Crippen molar-refractivity contribution in [3.63, 3.8) is 0 Å². The van der Waals surface area contributed by atoms with E-state index in [1.807, 2.05) is 0 Å². The molecule has 0 unspecified atom stereocenters. The molecule has 0 aromatic heterocycles. The summed E-state index contributed by atoms with van der Waals surface area (Å²) in [7, 11) is 0. The number of amides is 1. The van der Waals surface area contributed by atoms with Gasteiger partial charge in [0.2, 0.25) is 0 Å². The van der Waals surface area contributed by atoms with E-state index in [4.69, 9.17) is 0 Å². The molecule has 1 aromatic rings. The number of nitrogens with one attached hydrogen (secondary N) is 1. The first-order valence-electron chi connectivity index (χ1n) is 7.46. The van der Waals surface area contributed by atoms with Gasteiger partial charge in [0.25, 0.3) is 5.91 Å². The van der Waals surface area contributed by atoms with Crippen molar-refractivity contribution in [3.05, 3.63) is 34.9 Å². The zero-order valence-electron chi connectivity index (χ0n) is 12.6. The number of carbonyl (C=O) groups is 1. The molecule has 2 saturated heterocycles. The lowest BCUT2D eigenvalue weighted by Gasteiger charge is -2.39. The van der Waals surface area contributed by atoms with Gasteiger partial charge in [0, 0.05) is 25.7 Å². The number of aryl methyl sites for hydroxylation is 1. The molecule has 3 rings (SSSR count). The van der Waals surface area contributed by atoms with E-state index >= 15 is 0 Å². The van der Waals surface area contributed by atoms with Crippen molar-refractivity contribution >= 4 is 18.3 Å². The second-order valence-electron chi connectivity index (χ2n) is 6.30. The van der Waals surface area contributed by atoms with E-state index in [1.54, 1.807) is 11.8 Å². The Bertz CT molecular complexity index is 564. The summed E-state index contributed by atoms with van der Waals surface area (Å²) in [5, 5.41) is 3.38. The van der Waals surface area contributed by atoms with E-state index < -0.39 is 11.6 Å². The van der Waals surface area contributed by atoms with Gasteiger partial charge in [-0.25, -0.2) is 8.78 Å². The molecular weight excluding hydrogens is 310 g/mol. The van der Waals surface area contributed by atoms with Gasteiger partial charge in [-0.2, -0.15) is 0 Å². The molecule has 1 aromatic carbocycles. The van der Waals surface area contributed by atoms with Gasteiger partial charge in [0.05, 0.1) is 5.56 Å². The molecule has 1 amide bonds. The summed E-state index contributed by atoms with van der Waals surface area (Å²) in [5.74, 6) is -1.71. The molecule has 0 aliphatic carbocycles. The summed E-state index contributed by atoms with van der Waals surface area (Å²) in [6.45, 7) is 4.90. The van der Waals surface area contributed by atoms with E-state index in [-0.39, 0.29) is 23.9 Å². The second-order valence-corrected chi connectivity index (χ2v) is 6.30. The van der Waals surface area contributed by atoms with Crippen LogP contribution in [0.5, 0.6) is 0 Å². The van der Waals surface area contributed by atoms with Crippen LogP contribution >= 0.6 is 12.4 Å². The van der Waals surface area contributed by atoms with Crippen LogP contribution < -0.4 is 5.32 Å². The van der Waals surface area contributed by atoms with Crippen LogP contribution in [-0.2, 0) is 0 Å². The van der Waals surface area contributed by atoms with Crippen LogP contribution in [0.4, 0.5) is 8.78 Å². The van der Waals surface area contributed by atoms with Crippen molar-refractivity contribution in [2.24, 2.45) is 5.41 Å². The quantitative estimate of drug-likeness (QED) is 0.858. The molecule has 122 valence electrons. The average molecular weight is 331 g/mol. The molecule has 6 heteroatoms.